The van der Waals surface area contributed by atoms with E-state index < -0.39 is 5.97 Å². The molecule has 1 aromatic carbocycles. The summed E-state index contributed by atoms with van der Waals surface area (Å²) in [6.45, 7) is 6.56. The lowest BCUT2D eigenvalue weighted by Crippen LogP contribution is -2.14. The molecule has 112 valence electrons. The number of phenolic OH excluding ortho intramolecular Hbond substituents is 1. The summed E-state index contributed by atoms with van der Waals surface area (Å²) in [7, 11) is 0. The molecule has 1 rings (SSSR count). The maximum Gasteiger partial charge on any atom is 0.348 e. The van der Waals surface area contributed by atoms with Crippen molar-refractivity contribution in [3.8, 4) is 11.8 Å². The van der Waals surface area contributed by atoms with Crippen LogP contribution in [-0.2, 0) is 9.53 Å². The fourth-order valence-corrected chi connectivity index (χ4v) is 2.04. The zero-order valence-electron chi connectivity index (χ0n) is 12.7. The van der Waals surface area contributed by atoms with Gasteiger partial charge in [-0.3, -0.25) is 0 Å². The Kier molecular flexibility index (Phi) is 6.48. The van der Waals surface area contributed by atoms with Gasteiger partial charge < -0.3 is 9.84 Å². The van der Waals surface area contributed by atoms with E-state index in [2.05, 4.69) is 13.8 Å². The maximum absolute atomic E-state index is 11.9. The van der Waals surface area contributed by atoms with E-state index in [-0.39, 0.29) is 17.2 Å². The summed E-state index contributed by atoms with van der Waals surface area (Å²) >= 11 is 0. The lowest BCUT2D eigenvalue weighted by molar-refractivity contribution is -0.139. The molecule has 21 heavy (non-hydrogen) atoms. The van der Waals surface area contributed by atoms with Gasteiger partial charge in [-0.2, -0.15) is 5.26 Å². The molecule has 0 aromatic heterocycles. The molecular formula is C17H21NO3. The molecule has 0 saturated carbocycles. The van der Waals surface area contributed by atoms with Crippen LogP contribution in [0.2, 0.25) is 0 Å². The molecule has 1 N–H and O–H groups in total. The van der Waals surface area contributed by atoms with Crippen LogP contribution in [0.25, 0.3) is 6.08 Å². The van der Waals surface area contributed by atoms with Crippen molar-refractivity contribution in [1.29, 1.82) is 5.26 Å². The number of aromatic hydroxyl groups is 1. The molecule has 4 heteroatoms. The van der Waals surface area contributed by atoms with E-state index in [0.717, 1.165) is 6.42 Å². The summed E-state index contributed by atoms with van der Waals surface area (Å²) in [5.41, 5.74) is 0.619. The fraction of sp³-hybridized carbons (Fsp3) is 0.412. The fourth-order valence-electron chi connectivity index (χ4n) is 2.04. The van der Waals surface area contributed by atoms with E-state index in [4.69, 9.17) is 10.00 Å². The van der Waals surface area contributed by atoms with E-state index in [1.807, 2.05) is 13.0 Å². The normalized spacial score (nSPS) is 12.8. The molecule has 0 radical (unpaired) electrons. The summed E-state index contributed by atoms with van der Waals surface area (Å²) in [6, 6.07) is 8.10. The first kappa shape index (κ1) is 16.8. The van der Waals surface area contributed by atoms with Crippen LogP contribution >= 0.6 is 0 Å². The Hall–Kier alpha value is -2.28. The Bertz CT molecular complexity index is 538. The Balaban J connectivity index is 2.65. The number of hydrogen-bond acceptors (Lipinski definition) is 4. The van der Waals surface area contributed by atoms with Crippen molar-refractivity contribution in [3.05, 3.63) is 35.4 Å². The van der Waals surface area contributed by atoms with Crippen LogP contribution < -0.4 is 0 Å². The lowest BCUT2D eigenvalue weighted by Gasteiger charge is -2.13. The first-order valence-corrected chi connectivity index (χ1v) is 7.00. The summed E-state index contributed by atoms with van der Waals surface area (Å²) in [5, 5.41) is 18.3. The second-order valence-electron chi connectivity index (χ2n) is 5.59. The minimum absolute atomic E-state index is 0.0440. The molecule has 0 fully saturated rings. The van der Waals surface area contributed by atoms with Crippen molar-refractivity contribution in [3.63, 3.8) is 0 Å². The molecule has 0 aliphatic rings. The van der Waals surface area contributed by atoms with E-state index in [9.17, 15) is 9.90 Å². The number of phenols is 1. The number of rotatable bonds is 6. The van der Waals surface area contributed by atoms with E-state index in [1.54, 1.807) is 12.1 Å². The third-order valence-electron chi connectivity index (χ3n) is 2.92. The molecule has 0 saturated heterocycles. The summed E-state index contributed by atoms with van der Waals surface area (Å²) in [5.74, 6) is 0.334. The molecule has 0 aliphatic carbocycles. The maximum atomic E-state index is 11.9. The topological polar surface area (TPSA) is 70.3 Å². The number of nitrogens with zero attached hydrogens (tertiary/aromatic N) is 1. The second kappa shape index (κ2) is 8.11. The van der Waals surface area contributed by atoms with Crippen molar-refractivity contribution in [2.24, 2.45) is 11.8 Å². The Morgan fingerprint density at radius 3 is 2.48 bits per heavy atom. The first-order valence-electron chi connectivity index (χ1n) is 7.00. The minimum atomic E-state index is -0.610. The van der Waals surface area contributed by atoms with Crippen LogP contribution in [-0.4, -0.2) is 17.7 Å². The smallest absolute Gasteiger partial charge is 0.348 e. The molecule has 4 nitrogen and oxygen atoms in total. The number of benzene rings is 1. The van der Waals surface area contributed by atoms with E-state index >= 15 is 0 Å². The van der Waals surface area contributed by atoms with Crippen molar-refractivity contribution in [2.75, 3.05) is 6.61 Å². The average molecular weight is 287 g/mol. The van der Waals surface area contributed by atoms with Gasteiger partial charge in [-0.1, -0.05) is 32.9 Å². The minimum Gasteiger partial charge on any atom is -0.508 e. The van der Waals surface area contributed by atoms with Gasteiger partial charge in [0.25, 0.3) is 0 Å². The zero-order valence-corrected chi connectivity index (χ0v) is 12.7. The van der Waals surface area contributed by atoms with E-state index in [1.165, 1.54) is 18.2 Å². The van der Waals surface area contributed by atoms with Crippen LogP contribution in [0.4, 0.5) is 0 Å². The Labute approximate surface area is 125 Å². The predicted octanol–water partition coefficient (Wildman–Crippen LogP) is 3.52. The van der Waals surface area contributed by atoms with Crippen LogP contribution in [0.15, 0.2) is 29.8 Å². The predicted molar refractivity (Wildman–Crippen MR) is 81.3 cm³/mol. The van der Waals surface area contributed by atoms with Crippen LogP contribution in [0.5, 0.6) is 5.75 Å². The van der Waals surface area contributed by atoms with Gasteiger partial charge in [0.2, 0.25) is 0 Å². The van der Waals surface area contributed by atoms with Crippen molar-refractivity contribution in [2.45, 2.75) is 27.2 Å². The molecule has 1 unspecified atom stereocenters. The quantitative estimate of drug-likeness (QED) is 0.493. The Morgan fingerprint density at radius 1 is 1.33 bits per heavy atom. The summed E-state index contributed by atoms with van der Waals surface area (Å²) in [4.78, 5) is 11.9. The monoisotopic (exact) mass is 287 g/mol. The molecule has 1 atom stereocenters. The number of nitriles is 1. The molecule has 1 aromatic rings. The molecule has 0 bridgehead atoms. The van der Waals surface area contributed by atoms with Crippen LogP contribution in [0.3, 0.4) is 0 Å². The van der Waals surface area contributed by atoms with Gasteiger partial charge in [0.1, 0.15) is 17.4 Å². The zero-order chi connectivity index (χ0) is 15.8. The molecule has 0 amide bonds. The van der Waals surface area contributed by atoms with Gasteiger partial charge in [0.15, 0.2) is 0 Å². The molecule has 0 spiro atoms. The van der Waals surface area contributed by atoms with Crippen molar-refractivity contribution < 1.29 is 14.6 Å². The second-order valence-corrected chi connectivity index (χ2v) is 5.59. The molecule has 0 aliphatic heterocycles. The highest BCUT2D eigenvalue weighted by Crippen LogP contribution is 2.15. The van der Waals surface area contributed by atoms with Gasteiger partial charge in [-0.25, -0.2) is 4.79 Å². The highest BCUT2D eigenvalue weighted by molar-refractivity contribution is 5.97. The molecule has 0 heterocycles. The van der Waals surface area contributed by atoms with Crippen molar-refractivity contribution in [1.82, 2.24) is 0 Å². The van der Waals surface area contributed by atoms with Gasteiger partial charge in [0.05, 0.1) is 6.61 Å². The third-order valence-corrected chi connectivity index (χ3v) is 2.92. The first-order chi connectivity index (χ1) is 9.92. The highest BCUT2D eigenvalue weighted by atomic mass is 16.5. The van der Waals surface area contributed by atoms with Gasteiger partial charge >= 0.3 is 5.97 Å². The van der Waals surface area contributed by atoms with Crippen LogP contribution in [0.1, 0.15) is 32.8 Å². The van der Waals surface area contributed by atoms with Crippen molar-refractivity contribution >= 4 is 12.0 Å². The largest absolute Gasteiger partial charge is 0.508 e. The molecular weight excluding hydrogens is 266 g/mol. The highest BCUT2D eigenvalue weighted by Gasteiger charge is 2.13. The standard InChI is InChI=1S/C17H21NO3/c1-12(2)8-13(3)11-21-17(20)15(10-18)9-14-4-6-16(19)7-5-14/h4-7,9,12-13,19H,8,11H2,1-3H3/b15-9+. The number of ether oxygens (including phenoxy) is 1. The van der Waals surface area contributed by atoms with Gasteiger partial charge in [-0.15, -0.1) is 0 Å². The van der Waals surface area contributed by atoms with Gasteiger partial charge in [-0.05, 0) is 42.0 Å². The number of carbonyl (C=O) groups excluding carboxylic acids is 1. The lowest BCUT2D eigenvalue weighted by atomic mass is 10.00. The summed E-state index contributed by atoms with van der Waals surface area (Å²) < 4.78 is 5.17. The number of esters is 1. The SMILES string of the molecule is CC(C)CC(C)COC(=O)/C(C#N)=C/c1ccc(O)cc1. The third kappa shape index (κ3) is 6.13. The van der Waals surface area contributed by atoms with Gasteiger partial charge in [0, 0.05) is 0 Å². The summed E-state index contributed by atoms with van der Waals surface area (Å²) in [6.07, 6.45) is 2.42. The van der Waals surface area contributed by atoms with Crippen LogP contribution in [0, 0.1) is 23.2 Å². The number of carbonyl (C=O) groups is 1. The average Bonchev–Trinajstić information content (AvgIpc) is 2.43. The Morgan fingerprint density at radius 2 is 1.95 bits per heavy atom. The number of hydrogen-bond donors (Lipinski definition) is 1. The van der Waals surface area contributed by atoms with E-state index in [0.29, 0.717) is 18.1 Å².